The minimum atomic E-state index is -0.703. The standard InChI is InChI=1S/C18H19N5O5/c1-2-28-17(25)14-10-13(11-15(12-14)23(26)27)16(24)21-6-8-22(9-7-21)18-19-4-3-5-20-18/h3-5,10-12H,2,6-9H2,1H3. The summed E-state index contributed by atoms with van der Waals surface area (Å²) >= 11 is 0. The average molecular weight is 385 g/mol. The number of anilines is 1. The molecule has 0 aliphatic carbocycles. The lowest BCUT2D eigenvalue weighted by Gasteiger charge is -2.34. The van der Waals surface area contributed by atoms with E-state index in [1.807, 2.05) is 4.90 Å². The summed E-state index contributed by atoms with van der Waals surface area (Å²) in [6.45, 7) is 3.67. The molecule has 0 N–H and O–H groups in total. The summed E-state index contributed by atoms with van der Waals surface area (Å²) in [7, 11) is 0. The third-order valence-electron chi connectivity index (χ3n) is 4.29. The summed E-state index contributed by atoms with van der Waals surface area (Å²) in [6.07, 6.45) is 3.31. The Labute approximate surface area is 160 Å². The van der Waals surface area contributed by atoms with Crippen LogP contribution in [0.15, 0.2) is 36.7 Å². The molecule has 0 atom stereocenters. The second-order valence-electron chi connectivity index (χ2n) is 6.07. The maximum atomic E-state index is 12.9. The quantitative estimate of drug-likeness (QED) is 0.432. The van der Waals surface area contributed by atoms with E-state index in [-0.39, 0.29) is 29.3 Å². The van der Waals surface area contributed by atoms with Crippen LogP contribution in [0.25, 0.3) is 0 Å². The number of carbonyl (C=O) groups excluding carboxylic acids is 2. The number of piperazine rings is 1. The van der Waals surface area contributed by atoms with Crippen molar-refractivity contribution >= 4 is 23.5 Å². The number of non-ortho nitro benzene ring substituents is 1. The third-order valence-corrected chi connectivity index (χ3v) is 4.29. The van der Waals surface area contributed by atoms with Crippen molar-refractivity contribution in [1.82, 2.24) is 14.9 Å². The number of esters is 1. The number of carbonyl (C=O) groups is 2. The van der Waals surface area contributed by atoms with Gasteiger partial charge in [-0.1, -0.05) is 0 Å². The van der Waals surface area contributed by atoms with E-state index in [1.54, 1.807) is 30.3 Å². The number of hydrogen-bond donors (Lipinski definition) is 0. The van der Waals surface area contributed by atoms with Gasteiger partial charge >= 0.3 is 5.97 Å². The Bertz CT molecular complexity index is 881. The van der Waals surface area contributed by atoms with E-state index < -0.39 is 10.9 Å². The molecule has 0 radical (unpaired) electrons. The number of rotatable bonds is 5. The first-order valence-corrected chi connectivity index (χ1v) is 8.77. The van der Waals surface area contributed by atoms with Gasteiger partial charge in [-0.15, -0.1) is 0 Å². The van der Waals surface area contributed by atoms with Crippen molar-refractivity contribution in [2.45, 2.75) is 6.92 Å². The van der Waals surface area contributed by atoms with E-state index in [4.69, 9.17) is 4.74 Å². The van der Waals surface area contributed by atoms with Gasteiger partial charge in [0.25, 0.3) is 11.6 Å². The van der Waals surface area contributed by atoms with Crippen molar-refractivity contribution in [1.29, 1.82) is 0 Å². The molecule has 0 saturated carbocycles. The molecule has 1 aliphatic rings. The van der Waals surface area contributed by atoms with E-state index in [9.17, 15) is 19.7 Å². The lowest BCUT2D eigenvalue weighted by atomic mass is 10.1. The number of hydrogen-bond acceptors (Lipinski definition) is 8. The molecule has 1 saturated heterocycles. The van der Waals surface area contributed by atoms with Gasteiger partial charge in [0.1, 0.15) is 0 Å². The van der Waals surface area contributed by atoms with E-state index >= 15 is 0 Å². The Morgan fingerprint density at radius 2 is 1.75 bits per heavy atom. The van der Waals surface area contributed by atoms with Crippen molar-refractivity contribution < 1.29 is 19.2 Å². The number of nitro benzene ring substituents is 1. The first-order valence-electron chi connectivity index (χ1n) is 8.77. The fourth-order valence-corrected chi connectivity index (χ4v) is 2.92. The molecule has 10 nitrogen and oxygen atoms in total. The molecule has 0 spiro atoms. The highest BCUT2D eigenvalue weighted by Gasteiger charge is 2.26. The highest BCUT2D eigenvalue weighted by atomic mass is 16.6. The average Bonchev–Trinajstić information content (AvgIpc) is 2.73. The van der Waals surface area contributed by atoms with Crippen molar-refractivity contribution in [3.63, 3.8) is 0 Å². The van der Waals surface area contributed by atoms with Crippen LogP contribution < -0.4 is 4.90 Å². The second kappa shape index (κ2) is 8.42. The number of amides is 1. The van der Waals surface area contributed by atoms with Gasteiger partial charge in [-0.3, -0.25) is 14.9 Å². The minimum Gasteiger partial charge on any atom is -0.462 e. The number of ether oxygens (including phenoxy) is 1. The van der Waals surface area contributed by atoms with Crippen LogP contribution in [0.1, 0.15) is 27.6 Å². The summed E-state index contributed by atoms with van der Waals surface area (Å²) in [6, 6.07) is 5.35. The van der Waals surface area contributed by atoms with Gasteiger partial charge in [0, 0.05) is 56.3 Å². The Morgan fingerprint density at radius 1 is 1.11 bits per heavy atom. The molecule has 28 heavy (non-hydrogen) atoms. The molecule has 0 bridgehead atoms. The zero-order valence-electron chi connectivity index (χ0n) is 15.3. The van der Waals surface area contributed by atoms with Gasteiger partial charge in [0.15, 0.2) is 0 Å². The van der Waals surface area contributed by atoms with Gasteiger partial charge < -0.3 is 14.5 Å². The van der Waals surface area contributed by atoms with Crippen LogP contribution >= 0.6 is 0 Å². The molecule has 1 aliphatic heterocycles. The van der Waals surface area contributed by atoms with Crippen molar-refractivity contribution in [2.75, 3.05) is 37.7 Å². The maximum Gasteiger partial charge on any atom is 0.338 e. The van der Waals surface area contributed by atoms with Gasteiger partial charge in [0.2, 0.25) is 5.95 Å². The Kier molecular flexibility index (Phi) is 5.78. The molecule has 1 fully saturated rings. The highest BCUT2D eigenvalue weighted by molar-refractivity contribution is 5.99. The summed E-state index contributed by atoms with van der Waals surface area (Å²) in [5, 5.41) is 11.2. The van der Waals surface area contributed by atoms with Crippen molar-refractivity contribution in [3.8, 4) is 0 Å². The molecular weight excluding hydrogens is 366 g/mol. The van der Waals surface area contributed by atoms with Crippen LogP contribution in [0.2, 0.25) is 0 Å². The predicted octanol–water partition coefficient (Wildman–Crippen LogP) is 1.52. The highest BCUT2D eigenvalue weighted by Crippen LogP contribution is 2.20. The summed E-state index contributed by atoms with van der Waals surface area (Å²) < 4.78 is 4.90. The van der Waals surface area contributed by atoms with E-state index in [0.29, 0.717) is 32.1 Å². The lowest BCUT2D eigenvalue weighted by molar-refractivity contribution is -0.384. The molecule has 1 aromatic carbocycles. The molecule has 3 rings (SSSR count). The lowest BCUT2D eigenvalue weighted by Crippen LogP contribution is -2.49. The van der Waals surface area contributed by atoms with Crippen molar-refractivity contribution in [3.05, 3.63) is 57.9 Å². The molecular formula is C18H19N5O5. The first kappa shape index (κ1) is 19.2. The van der Waals surface area contributed by atoms with Crippen LogP contribution in [-0.4, -0.2) is 64.5 Å². The molecule has 1 aromatic heterocycles. The van der Waals surface area contributed by atoms with Crippen LogP contribution in [-0.2, 0) is 4.74 Å². The number of aromatic nitrogens is 2. The largest absolute Gasteiger partial charge is 0.462 e. The Morgan fingerprint density at radius 3 is 2.36 bits per heavy atom. The molecule has 1 amide bonds. The normalized spacial score (nSPS) is 13.9. The molecule has 10 heteroatoms. The maximum absolute atomic E-state index is 12.9. The monoisotopic (exact) mass is 385 g/mol. The van der Waals surface area contributed by atoms with Crippen LogP contribution in [0, 0.1) is 10.1 Å². The molecule has 2 heterocycles. The van der Waals surface area contributed by atoms with Gasteiger partial charge in [-0.2, -0.15) is 0 Å². The number of nitro groups is 1. The summed E-state index contributed by atoms with van der Waals surface area (Å²) in [4.78, 5) is 47.3. The Balaban J connectivity index is 1.77. The smallest absolute Gasteiger partial charge is 0.338 e. The zero-order chi connectivity index (χ0) is 20.1. The van der Waals surface area contributed by atoms with Crippen LogP contribution in [0.4, 0.5) is 11.6 Å². The summed E-state index contributed by atoms with van der Waals surface area (Å²) in [5.74, 6) is -0.483. The van der Waals surface area contributed by atoms with Crippen molar-refractivity contribution in [2.24, 2.45) is 0 Å². The Hall–Kier alpha value is -3.56. The molecule has 0 unspecified atom stereocenters. The van der Waals surface area contributed by atoms with E-state index in [0.717, 1.165) is 6.07 Å². The third kappa shape index (κ3) is 4.22. The van der Waals surface area contributed by atoms with Gasteiger partial charge in [-0.05, 0) is 19.1 Å². The van der Waals surface area contributed by atoms with Gasteiger partial charge in [0.05, 0.1) is 17.1 Å². The first-order chi connectivity index (χ1) is 13.5. The van der Waals surface area contributed by atoms with E-state index in [1.165, 1.54) is 12.1 Å². The minimum absolute atomic E-state index is 0.0179. The fourth-order valence-electron chi connectivity index (χ4n) is 2.92. The van der Waals surface area contributed by atoms with Gasteiger partial charge in [-0.25, -0.2) is 14.8 Å². The molecule has 146 valence electrons. The number of nitrogens with zero attached hydrogens (tertiary/aromatic N) is 5. The van der Waals surface area contributed by atoms with Crippen LogP contribution in [0.5, 0.6) is 0 Å². The topological polar surface area (TPSA) is 119 Å². The summed E-state index contributed by atoms with van der Waals surface area (Å²) in [5.41, 5.74) is -0.261. The fraction of sp³-hybridized carbons (Fsp3) is 0.333. The van der Waals surface area contributed by atoms with E-state index in [2.05, 4.69) is 9.97 Å². The SMILES string of the molecule is CCOC(=O)c1cc(C(=O)N2CCN(c3ncccn3)CC2)cc([N+](=O)[O-])c1. The molecule has 2 aromatic rings. The van der Waals surface area contributed by atoms with Crippen LogP contribution in [0.3, 0.4) is 0 Å². The number of benzene rings is 1. The zero-order valence-corrected chi connectivity index (χ0v) is 15.3. The predicted molar refractivity (Wildman–Crippen MR) is 99.2 cm³/mol. The second-order valence-corrected chi connectivity index (χ2v) is 6.07.